The highest BCUT2D eigenvalue weighted by molar-refractivity contribution is 7.99. The van der Waals surface area contributed by atoms with Crippen molar-refractivity contribution in [3.05, 3.63) is 80.8 Å². The lowest BCUT2D eigenvalue weighted by Crippen LogP contribution is -2.09. The molecule has 4 nitrogen and oxygen atoms in total. The molecule has 2 aromatic carbocycles. The van der Waals surface area contributed by atoms with Crippen molar-refractivity contribution < 1.29 is 13.9 Å². The van der Waals surface area contributed by atoms with Crippen molar-refractivity contribution in [1.29, 1.82) is 0 Å². The molecule has 154 valence electrons. The van der Waals surface area contributed by atoms with E-state index in [-0.39, 0.29) is 18.1 Å². The van der Waals surface area contributed by atoms with Gasteiger partial charge in [0, 0.05) is 22.1 Å². The summed E-state index contributed by atoms with van der Waals surface area (Å²) < 4.78 is 20.2. The van der Waals surface area contributed by atoms with Gasteiger partial charge in [0.2, 0.25) is 0 Å². The highest BCUT2D eigenvalue weighted by Crippen LogP contribution is 2.38. The van der Waals surface area contributed by atoms with E-state index in [0.717, 1.165) is 22.4 Å². The Balaban J connectivity index is 1.92. The van der Waals surface area contributed by atoms with Gasteiger partial charge in [-0.15, -0.1) is 0 Å². The van der Waals surface area contributed by atoms with Crippen molar-refractivity contribution in [2.45, 2.75) is 12.7 Å². The number of nitrogens with zero attached hydrogens (tertiary/aromatic N) is 2. The van der Waals surface area contributed by atoms with Gasteiger partial charge >= 0.3 is 5.97 Å². The molecule has 0 aliphatic carbocycles. The molecule has 0 saturated carbocycles. The van der Waals surface area contributed by atoms with Crippen LogP contribution in [-0.4, -0.2) is 28.1 Å². The van der Waals surface area contributed by atoms with Crippen LogP contribution in [0.15, 0.2) is 42.5 Å². The molecule has 0 amide bonds. The molecule has 0 unspecified atom stereocenters. The monoisotopic (exact) mass is 462 g/mol. The SMILES string of the molecule is CCOC(=O)c1nn(-c2ccc(Cl)cc2Cl)c2c1CSC/C2=C\c1ccc(F)cc1. The van der Waals surface area contributed by atoms with Crippen molar-refractivity contribution in [3.8, 4) is 5.69 Å². The molecule has 1 aromatic heterocycles. The Bertz CT molecular complexity index is 1140. The normalized spacial score (nSPS) is 14.6. The van der Waals surface area contributed by atoms with Gasteiger partial charge in [-0.25, -0.2) is 13.9 Å². The van der Waals surface area contributed by atoms with Crippen LogP contribution < -0.4 is 0 Å². The third kappa shape index (κ3) is 4.13. The van der Waals surface area contributed by atoms with Gasteiger partial charge in [-0.1, -0.05) is 35.3 Å². The lowest BCUT2D eigenvalue weighted by molar-refractivity contribution is 0.0518. The molecule has 3 aromatic rings. The van der Waals surface area contributed by atoms with E-state index in [2.05, 4.69) is 5.10 Å². The van der Waals surface area contributed by atoms with Gasteiger partial charge in [0.25, 0.3) is 0 Å². The van der Waals surface area contributed by atoms with E-state index in [9.17, 15) is 9.18 Å². The van der Waals surface area contributed by atoms with E-state index in [4.69, 9.17) is 27.9 Å². The van der Waals surface area contributed by atoms with Crippen LogP contribution in [0.2, 0.25) is 10.0 Å². The number of carbonyl (C=O) groups excluding carboxylic acids is 1. The molecule has 0 bridgehead atoms. The van der Waals surface area contributed by atoms with Gasteiger partial charge in [-0.3, -0.25) is 0 Å². The maximum absolute atomic E-state index is 13.3. The molecule has 0 spiro atoms. The van der Waals surface area contributed by atoms with E-state index in [0.29, 0.717) is 27.2 Å². The molecule has 0 N–H and O–H groups in total. The van der Waals surface area contributed by atoms with Gasteiger partial charge in [0.1, 0.15) is 5.82 Å². The number of hydrogen-bond acceptors (Lipinski definition) is 4. The van der Waals surface area contributed by atoms with Crippen LogP contribution in [0, 0.1) is 5.82 Å². The summed E-state index contributed by atoms with van der Waals surface area (Å²) in [5.41, 5.74) is 4.30. The number of fused-ring (bicyclic) bond motifs is 1. The molecule has 8 heteroatoms. The van der Waals surface area contributed by atoms with E-state index in [1.54, 1.807) is 53.7 Å². The number of ether oxygens (including phenoxy) is 1. The lowest BCUT2D eigenvalue weighted by atomic mass is 10.0. The first-order valence-electron chi connectivity index (χ1n) is 9.26. The molecule has 0 atom stereocenters. The molecule has 2 heterocycles. The third-order valence-electron chi connectivity index (χ3n) is 4.61. The second-order valence-electron chi connectivity index (χ2n) is 6.62. The number of esters is 1. The average molecular weight is 463 g/mol. The molecule has 0 saturated heterocycles. The minimum atomic E-state index is -0.471. The number of aromatic nitrogens is 2. The van der Waals surface area contributed by atoms with E-state index in [1.165, 1.54) is 12.1 Å². The quantitative estimate of drug-likeness (QED) is 0.427. The zero-order valence-electron chi connectivity index (χ0n) is 16.0. The largest absolute Gasteiger partial charge is 0.461 e. The maximum Gasteiger partial charge on any atom is 0.359 e. The van der Waals surface area contributed by atoms with Crippen LogP contribution in [0.1, 0.15) is 34.2 Å². The van der Waals surface area contributed by atoms with Gasteiger partial charge in [0.15, 0.2) is 5.69 Å². The van der Waals surface area contributed by atoms with Crippen molar-refractivity contribution >= 4 is 52.6 Å². The molecule has 0 fully saturated rings. The number of rotatable bonds is 4. The Labute approximate surface area is 187 Å². The van der Waals surface area contributed by atoms with Gasteiger partial charge in [-0.05, 0) is 54.5 Å². The fourth-order valence-corrected chi connectivity index (χ4v) is 4.82. The summed E-state index contributed by atoms with van der Waals surface area (Å²) in [4.78, 5) is 12.6. The summed E-state index contributed by atoms with van der Waals surface area (Å²) in [6.45, 7) is 2.01. The fraction of sp³-hybridized carbons (Fsp3) is 0.182. The third-order valence-corrected chi connectivity index (χ3v) is 6.15. The van der Waals surface area contributed by atoms with Crippen molar-refractivity contribution in [2.75, 3.05) is 12.4 Å². The van der Waals surface area contributed by atoms with Gasteiger partial charge in [0.05, 0.1) is 23.0 Å². The van der Waals surface area contributed by atoms with Crippen molar-refractivity contribution in [1.82, 2.24) is 9.78 Å². The summed E-state index contributed by atoms with van der Waals surface area (Å²) in [7, 11) is 0. The number of halogens is 3. The Morgan fingerprint density at radius 3 is 2.70 bits per heavy atom. The summed E-state index contributed by atoms with van der Waals surface area (Å²) in [5.74, 6) is 0.568. The van der Waals surface area contributed by atoms with Crippen LogP contribution in [0.4, 0.5) is 4.39 Å². The summed E-state index contributed by atoms with van der Waals surface area (Å²) in [5, 5.41) is 5.50. The van der Waals surface area contributed by atoms with E-state index >= 15 is 0 Å². The minimum absolute atomic E-state index is 0.258. The Morgan fingerprint density at radius 2 is 2.00 bits per heavy atom. The zero-order chi connectivity index (χ0) is 21.3. The highest BCUT2D eigenvalue weighted by Gasteiger charge is 2.30. The molecular formula is C22H17Cl2FN2O2S. The molecular weight excluding hydrogens is 446 g/mol. The first-order chi connectivity index (χ1) is 14.5. The topological polar surface area (TPSA) is 44.1 Å². The zero-order valence-corrected chi connectivity index (χ0v) is 18.3. The molecule has 0 radical (unpaired) electrons. The standard InChI is InChI=1S/C22H17Cl2FN2O2S/c1-2-29-22(28)20-17-12-30-11-14(9-13-3-6-16(25)7-4-13)21(17)27(26-20)19-8-5-15(23)10-18(19)24/h3-10H,2,11-12H2,1H3/b14-9+. The van der Waals surface area contributed by atoms with E-state index < -0.39 is 5.97 Å². The number of thioether (sulfide) groups is 1. The fourth-order valence-electron chi connectivity index (χ4n) is 3.31. The second-order valence-corrected chi connectivity index (χ2v) is 8.45. The number of carbonyl (C=O) groups is 1. The predicted molar refractivity (Wildman–Crippen MR) is 120 cm³/mol. The number of benzene rings is 2. The Kier molecular flexibility index (Phi) is 6.18. The molecule has 4 rings (SSSR count). The summed E-state index contributed by atoms with van der Waals surface area (Å²) >= 11 is 14.2. The summed E-state index contributed by atoms with van der Waals surface area (Å²) in [6.07, 6.45) is 1.97. The maximum atomic E-state index is 13.3. The molecule has 1 aliphatic heterocycles. The van der Waals surface area contributed by atoms with Crippen LogP contribution in [0.3, 0.4) is 0 Å². The minimum Gasteiger partial charge on any atom is -0.461 e. The predicted octanol–water partition coefficient (Wildman–Crippen LogP) is 6.28. The van der Waals surface area contributed by atoms with Crippen LogP contribution in [-0.2, 0) is 10.5 Å². The molecule has 30 heavy (non-hydrogen) atoms. The van der Waals surface area contributed by atoms with Crippen molar-refractivity contribution in [2.24, 2.45) is 0 Å². The first-order valence-corrected chi connectivity index (χ1v) is 11.2. The van der Waals surface area contributed by atoms with Crippen LogP contribution >= 0.6 is 35.0 Å². The first kappa shape index (κ1) is 21.0. The number of hydrogen-bond donors (Lipinski definition) is 0. The van der Waals surface area contributed by atoms with E-state index in [1.807, 2.05) is 6.08 Å². The highest BCUT2D eigenvalue weighted by atomic mass is 35.5. The Morgan fingerprint density at radius 1 is 1.23 bits per heavy atom. The van der Waals surface area contributed by atoms with Crippen LogP contribution in [0.5, 0.6) is 0 Å². The van der Waals surface area contributed by atoms with Crippen molar-refractivity contribution in [3.63, 3.8) is 0 Å². The van der Waals surface area contributed by atoms with Gasteiger partial charge < -0.3 is 4.74 Å². The molecule has 1 aliphatic rings. The summed E-state index contributed by atoms with van der Waals surface area (Å²) in [6, 6.07) is 11.4. The van der Waals surface area contributed by atoms with Crippen LogP contribution in [0.25, 0.3) is 17.3 Å². The second kappa shape index (κ2) is 8.84. The Hall–Kier alpha value is -2.28. The smallest absolute Gasteiger partial charge is 0.359 e. The van der Waals surface area contributed by atoms with Gasteiger partial charge in [-0.2, -0.15) is 16.9 Å². The average Bonchev–Trinajstić information content (AvgIpc) is 3.10. The lowest BCUT2D eigenvalue weighted by Gasteiger charge is -2.18.